The number of piperazine rings is 1. The molecule has 3 heterocycles. The van der Waals surface area contributed by atoms with Gasteiger partial charge in [0.25, 0.3) is 0 Å². The predicted molar refractivity (Wildman–Crippen MR) is 186 cm³/mol. The van der Waals surface area contributed by atoms with Crippen LogP contribution in [0.15, 0.2) is 23.8 Å². The van der Waals surface area contributed by atoms with Gasteiger partial charge in [0.05, 0.1) is 49.3 Å². The lowest BCUT2D eigenvalue weighted by Crippen LogP contribution is -2.45. The van der Waals surface area contributed by atoms with Gasteiger partial charge >= 0.3 is 6.09 Å². The number of methoxy groups -OCH3 is 1. The number of hydrogen-bond donors (Lipinski definition) is 2. The highest BCUT2D eigenvalue weighted by atomic mass is 127. The van der Waals surface area contributed by atoms with Crippen molar-refractivity contribution >= 4 is 34.9 Å². The van der Waals surface area contributed by atoms with Gasteiger partial charge in [0, 0.05) is 75.0 Å². The molecule has 3 saturated heterocycles. The van der Waals surface area contributed by atoms with E-state index in [1.165, 1.54) is 5.57 Å². The summed E-state index contributed by atoms with van der Waals surface area (Å²) in [7, 11) is 1.64. The third-order valence-corrected chi connectivity index (χ3v) is 10.4. The van der Waals surface area contributed by atoms with Crippen molar-refractivity contribution in [3.63, 3.8) is 0 Å². The Morgan fingerprint density at radius 3 is 2.52 bits per heavy atom. The molecular weight excluding hydrogens is 705 g/mol. The van der Waals surface area contributed by atoms with Crippen molar-refractivity contribution in [1.29, 1.82) is 0 Å². The molecule has 264 valence electrons. The lowest BCUT2D eigenvalue weighted by molar-refractivity contribution is -0.124. The highest BCUT2D eigenvalue weighted by molar-refractivity contribution is 14.1. The lowest BCUT2D eigenvalue weighted by atomic mass is 9.85. The van der Waals surface area contributed by atoms with Gasteiger partial charge in [-0.05, 0) is 57.4 Å². The van der Waals surface area contributed by atoms with Crippen LogP contribution in [-0.2, 0) is 28.5 Å². The standard InChI is InChI=1S/C34H58IN3O8/c1-23(21-34(6)32(46-34)26(4)31(42-7)27(5)39)9-8-10-24(2)30-25(3)11-12-28(45-30)22-36-29(40)13-18-43-19-20-44-33(41)37-14-16-38(35)17-15-37/h8-10,23,25-28,30-32,39H,11-22H2,1-7H3,(H,36,40)/b9-8+,24-10+/t23-,25+,26-,27-,28-,30-,31-,32-,34-/m1/s1. The van der Waals surface area contributed by atoms with Crippen LogP contribution in [-0.4, -0.2) is 121 Å². The van der Waals surface area contributed by atoms with E-state index in [1.54, 1.807) is 18.9 Å². The molecule has 12 heteroatoms. The van der Waals surface area contributed by atoms with Gasteiger partial charge in [-0.1, -0.05) is 39.0 Å². The molecular formula is C34H58IN3O8. The maximum atomic E-state index is 12.4. The summed E-state index contributed by atoms with van der Waals surface area (Å²) in [6, 6.07) is 0. The first-order chi connectivity index (χ1) is 21.8. The molecule has 9 atom stereocenters. The molecule has 2 N–H and O–H groups in total. The van der Waals surface area contributed by atoms with Gasteiger partial charge in [0.2, 0.25) is 5.91 Å². The van der Waals surface area contributed by atoms with Crippen LogP contribution < -0.4 is 5.32 Å². The van der Waals surface area contributed by atoms with E-state index in [9.17, 15) is 14.7 Å². The average Bonchev–Trinajstić information content (AvgIpc) is 3.68. The first kappa shape index (κ1) is 39.2. The smallest absolute Gasteiger partial charge is 0.409 e. The molecule has 2 amide bonds. The number of ether oxygens (including phenoxy) is 5. The van der Waals surface area contributed by atoms with Crippen molar-refractivity contribution in [3.05, 3.63) is 23.8 Å². The fourth-order valence-electron chi connectivity index (χ4n) is 6.75. The molecule has 0 bridgehead atoms. The van der Waals surface area contributed by atoms with E-state index in [2.05, 4.69) is 84.1 Å². The molecule has 0 aromatic heterocycles. The number of halogens is 1. The molecule has 3 aliphatic heterocycles. The first-order valence-electron chi connectivity index (χ1n) is 16.9. The molecule has 0 saturated carbocycles. The van der Waals surface area contributed by atoms with Gasteiger partial charge < -0.3 is 39.0 Å². The Morgan fingerprint density at radius 1 is 1.13 bits per heavy atom. The van der Waals surface area contributed by atoms with Crippen molar-refractivity contribution in [2.45, 2.75) is 103 Å². The van der Waals surface area contributed by atoms with E-state index in [0.29, 0.717) is 31.5 Å². The van der Waals surface area contributed by atoms with Gasteiger partial charge in [-0.25, -0.2) is 7.91 Å². The largest absolute Gasteiger partial charge is 0.447 e. The molecule has 0 radical (unpaired) electrons. The summed E-state index contributed by atoms with van der Waals surface area (Å²) in [6.45, 7) is 16.7. The minimum Gasteiger partial charge on any atom is -0.447 e. The SMILES string of the molecule is CO[C@H]([C@@H](C)[C@H]1O[C@]1(C)C[C@H](C)/C=C/C=C(\C)[C@H]1O[C@@H](CNC(=O)CCOCCOC(=O)N2CCN(I)CC2)CC[C@@H]1C)[C@@H](C)O. The van der Waals surface area contributed by atoms with E-state index >= 15 is 0 Å². The van der Waals surface area contributed by atoms with Crippen LogP contribution in [0.25, 0.3) is 0 Å². The number of carbonyl (C=O) groups excluding carboxylic acids is 2. The normalized spacial score (nSPS) is 30.1. The third kappa shape index (κ3) is 12.3. The topological polar surface area (TPSA) is 122 Å². The van der Waals surface area contributed by atoms with E-state index in [4.69, 9.17) is 23.7 Å². The number of carbonyl (C=O) groups is 2. The minimum atomic E-state index is -0.540. The van der Waals surface area contributed by atoms with Crippen LogP contribution in [0.3, 0.4) is 0 Å². The Bertz CT molecular complexity index is 1020. The maximum Gasteiger partial charge on any atom is 0.409 e. The van der Waals surface area contributed by atoms with Gasteiger partial charge in [-0.15, -0.1) is 0 Å². The summed E-state index contributed by atoms with van der Waals surface area (Å²) in [5, 5.41) is 13.0. The van der Waals surface area contributed by atoms with E-state index in [-0.39, 0.29) is 74.2 Å². The highest BCUT2D eigenvalue weighted by Gasteiger charge is 2.56. The fourth-order valence-corrected chi connectivity index (χ4v) is 7.18. The van der Waals surface area contributed by atoms with Gasteiger partial charge in [-0.3, -0.25) is 4.79 Å². The average molecular weight is 764 g/mol. The summed E-state index contributed by atoms with van der Waals surface area (Å²) in [5.41, 5.74) is 0.964. The van der Waals surface area contributed by atoms with Gasteiger partial charge in [0.1, 0.15) is 6.61 Å². The molecule has 0 aliphatic carbocycles. The van der Waals surface area contributed by atoms with Crippen LogP contribution in [0.4, 0.5) is 4.79 Å². The van der Waals surface area contributed by atoms with Crippen LogP contribution in [0.2, 0.25) is 0 Å². The van der Waals surface area contributed by atoms with Crippen LogP contribution in [0.5, 0.6) is 0 Å². The molecule has 11 nitrogen and oxygen atoms in total. The zero-order valence-electron chi connectivity index (χ0n) is 28.9. The quantitative estimate of drug-likeness (QED) is 0.0725. The second-order valence-electron chi connectivity index (χ2n) is 13.5. The summed E-state index contributed by atoms with van der Waals surface area (Å²) in [5.74, 6) is 0.758. The number of nitrogens with one attached hydrogen (secondary N) is 1. The summed E-state index contributed by atoms with van der Waals surface area (Å²) in [4.78, 5) is 26.2. The van der Waals surface area contributed by atoms with Crippen LogP contribution >= 0.6 is 22.9 Å². The van der Waals surface area contributed by atoms with Crippen molar-refractivity contribution in [3.8, 4) is 0 Å². The molecule has 3 aliphatic rings. The number of nitrogens with zero attached hydrogens (tertiary/aromatic N) is 2. The van der Waals surface area contributed by atoms with E-state index in [0.717, 1.165) is 32.4 Å². The van der Waals surface area contributed by atoms with Crippen LogP contribution in [0, 0.1) is 17.8 Å². The van der Waals surface area contributed by atoms with Crippen molar-refractivity contribution in [1.82, 2.24) is 13.3 Å². The first-order valence-corrected chi connectivity index (χ1v) is 17.9. The van der Waals surface area contributed by atoms with Gasteiger partial charge in [0.15, 0.2) is 0 Å². The molecule has 0 aromatic carbocycles. The van der Waals surface area contributed by atoms with Crippen molar-refractivity contribution in [2.75, 3.05) is 59.7 Å². The monoisotopic (exact) mass is 763 g/mol. The van der Waals surface area contributed by atoms with Crippen LogP contribution in [0.1, 0.15) is 67.2 Å². The third-order valence-electron chi connectivity index (χ3n) is 9.40. The maximum absolute atomic E-state index is 12.4. The number of rotatable bonds is 17. The Balaban J connectivity index is 1.31. The summed E-state index contributed by atoms with van der Waals surface area (Å²) >= 11 is 2.26. The minimum absolute atomic E-state index is 0.00746. The summed E-state index contributed by atoms with van der Waals surface area (Å²) in [6.07, 6.45) is 8.52. The Morgan fingerprint density at radius 2 is 1.85 bits per heavy atom. The van der Waals surface area contributed by atoms with Gasteiger partial charge in [-0.2, -0.15) is 0 Å². The number of aliphatic hydroxyl groups is 1. The second kappa shape index (κ2) is 19.0. The molecule has 3 fully saturated rings. The Hall–Kier alpha value is -1.29. The highest BCUT2D eigenvalue weighted by Crippen LogP contribution is 2.47. The number of amides is 2. The molecule has 0 unspecified atom stereocenters. The van der Waals surface area contributed by atoms with Crippen molar-refractivity contribution in [2.24, 2.45) is 17.8 Å². The Kier molecular flexibility index (Phi) is 16.2. The van der Waals surface area contributed by atoms with E-state index < -0.39 is 6.10 Å². The number of hydrogen-bond acceptors (Lipinski definition) is 9. The van der Waals surface area contributed by atoms with Crippen molar-refractivity contribution < 1.29 is 38.4 Å². The number of epoxide rings is 1. The lowest BCUT2D eigenvalue weighted by Gasteiger charge is -2.35. The summed E-state index contributed by atoms with van der Waals surface area (Å²) < 4.78 is 31.0. The predicted octanol–water partition coefficient (Wildman–Crippen LogP) is 4.52. The molecule has 0 spiro atoms. The Labute approximate surface area is 290 Å². The number of allylic oxidation sites excluding steroid dienone is 3. The number of aliphatic hydroxyl groups excluding tert-OH is 1. The molecule has 46 heavy (non-hydrogen) atoms. The molecule has 0 aromatic rings. The fraction of sp³-hybridized carbons (Fsp3) is 0.824. The van der Waals surface area contributed by atoms with E-state index in [1.807, 2.05) is 0 Å². The second-order valence-corrected chi connectivity index (χ2v) is 14.9. The zero-order valence-corrected chi connectivity index (χ0v) is 31.1. The zero-order chi connectivity index (χ0) is 33.9. The molecule has 3 rings (SSSR count).